The zero-order chi connectivity index (χ0) is 8.10. The Morgan fingerprint density at radius 1 is 1.73 bits per heavy atom. The van der Waals surface area contributed by atoms with Crippen molar-refractivity contribution in [3.8, 4) is 6.07 Å². The fraction of sp³-hybridized carbons (Fsp3) is 0.857. The molecule has 3 nitrogen and oxygen atoms in total. The molecule has 0 aromatic rings. The van der Waals surface area contributed by atoms with E-state index in [4.69, 9.17) is 21.6 Å². The zero-order valence-electron chi connectivity index (χ0n) is 6.29. The fourth-order valence-corrected chi connectivity index (χ4v) is 1.34. The van der Waals surface area contributed by atoms with E-state index in [0.717, 1.165) is 13.1 Å². The van der Waals surface area contributed by atoms with E-state index in [1.165, 1.54) is 0 Å². The summed E-state index contributed by atoms with van der Waals surface area (Å²) in [6.45, 7) is 3.09. The van der Waals surface area contributed by atoms with Crippen molar-refractivity contribution >= 4 is 11.6 Å². The van der Waals surface area contributed by atoms with Crippen LogP contribution in [0.25, 0.3) is 0 Å². The first-order valence-electron chi connectivity index (χ1n) is 3.66. The topological polar surface area (TPSA) is 36.3 Å². The highest BCUT2D eigenvalue weighted by Crippen LogP contribution is 2.03. The van der Waals surface area contributed by atoms with E-state index in [9.17, 15) is 0 Å². The summed E-state index contributed by atoms with van der Waals surface area (Å²) >= 11 is 5.56. The van der Waals surface area contributed by atoms with Crippen LogP contribution in [0.1, 0.15) is 0 Å². The molecule has 0 amide bonds. The molecule has 11 heavy (non-hydrogen) atoms. The van der Waals surface area contributed by atoms with Crippen LogP contribution in [-0.2, 0) is 4.74 Å². The van der Waals surface area contributed by atoms with Crippen LogP contribution in [0.15, 0.2) is 0 Å². The molecule has 62 valence electrons. The number of alkyl halides is 1. The van der Waals surface area contributed by atoms with E-state index in [2.05, 4.69) is 11.0 Å². The maximum atomic E-state index is 8.54. The molecule has 1 unspecified atom stereocenters. The van der Waals surface area contributed by atoms with Crippen LogP contribution in [0.2, 0.25) is 0 Å². The molecular weight excluding hydrogens is 164 g/mol. The maximum Gasteiger partial charge on any atom is 0.156 e. The van der Waals surface area contributed by atoms with Gasteiger partial charge in [-0.3, -0.25) is 4.90 Å². The minimum atomic E-state index is -0.257. The van der Waals surface area contributed by atoms with Crippen LogP contribution in [0, 0.1) is 11.3 Å². The third-order valence-corrected chi connectivity index (χ3v) is 1.86. The van der Waals surface area contributed by atoms with Gasteiger partial charge in [0.2, 0.25) is 0 Å². The minimum absolute atomic E-state index is 0.257. The van der Waals surface area contributed by atoms with Crippen LogP contribution in [0.5, 0.6) is 0 Å². The van der Waals surface area contributed by atoms with Crippen LogP contribution in [-0.4, -0.2) is 43.1 Å². The third kappa shape index (κ3) is 2.66. The Morgan fingerprint density at radius 2 is 2.55 bits per heavy atom. The number of nitriles is 1. The van der Waals surface area contributed by atoms with Crippen molar-refractivity contribution in [3.63, 3.8) is 0 Å². The molecule has 1 saturated heterocycles. The molecule has 1 heterocycles. The van der Waals surface area contributed by atoms with E-state index in [1.807, 2.05) is 0 Å². The minimum Gasteiger partial charge on any atom is -0.361 e. The quantitative estimate of drug-likeness (QED) is 0.571. The summed E-state index contributed by atoms with van der Waals surface area (Å²) in [5.41, 5.74) is 0. The molecule has 0 N–H and O–H groups in total. The van der Waals surface area contributed by atoms with Gasteiger partial charge in [-0.1, -0.05) is 0 Å². The summed E-state index contributed by atoms with van der Waals surface area (Å²) in [5.74, 6) is 0.623. The molecule has 1 aliphatic heterocycles. The lowest BCUT2D eigenvalue weighted by Gasteiger charge is -2.28. The predicted molar refractivity (Wildman–Crippen MR) is 42.5 cm³/mol. The highest BCUT2D eigenvalue weighted by molar-refractivity contribution is 6.18. The van der Waals surface area contributed by atoms with Crippen molar-refractivity contribution in [2.75, 3.05) is 32.1 Å². The Bertz CT molecular complexity index is 155. The van der Waals surface area contributed by atoms with Crippen LogP contribution in [0.3, 0.4) is 0 Å². The van der Waals surface area contributed by atoms with Crippen LogP contribution < -0.4 is 0 Å². The van der Waals surface area contributed by atoms with Crippen molar-refractivity contribution in [2.24, 2.45) is 0 Å². The summed E-state index contributed by atoms with van der Waals surface area (Å²) in [4.78, 5) is 2.14. The second-order valence-electron chi connectivity index (χ2n) is 2.48. The number of hydrogen-bond acceptors (Lipinski definition) is 3. The number of halogens is 1. The normalized spacial score (nSPS) is 26.4. The Hall–Kier alpha value is -0.300. The smallest absolute Gasteiger partial charge is 0.156 e. The van der Waals surface area contributed by atoms with Gasteiger partial charge in [0.25, 0.3) is 0 Å². The van der Waals surface area contributed by atoms with Gasteiger partial charge in [0.15, 0.2) is 6.10 Å². The molecule has 0 aliphatic carbocycles. The van der Waals surface area contributed by atoms with Gasteiger partial charge in [0.1, 0.15) is 0 Å². The molecule has 0 saturated carbocycles. The Labute approximate surface area is 71.5 Å². The molecule has 0 spiro atoms. The molecule has 1 atom stereocenters. The second kappa shape index (κ2) is 4.55. The van der Waals surface area contributed by atoms with Crippen molar-refractivity contribution in [3.05, 3.63) is 0 Å². The molecule has 0 radical (unpaired) electrons. The SMILES string of the molecule is N#CC1CN(CCCl)CCO1. The molecule has 0 bridgehead atoms. The molecular formula is C7H11ClN2O. The van der Waals surface area contributed by atoms with E-state index < -0.39 is 0 Å². The second-order valence-corrected chi connectivity index (χ2v) is 2.86. The highest BCUT2D eigenvalue weighted by Gasteiger charge is 2.18. The number of rotatable bonds is 2. The van der Waals surface area contributed by atoms with Gasteiger partial charge in [-0.25, -0.2) is 0 Å². The van der Waals surface area contributed by atoms with Gasteiger partial charge < -0.3 is 4.74 Å². The van der Waals surface area contributed by atoms with Gasteiger partial charge in [0.05, 0.1) is 12.7 Å². The molecule has 1 fully saturated rings. The molecule has 1 aliphatic rings. The summed E-state index contributed by atoms with van der Waals surface area (Å²) in [5, 5.41) is 8.54. The number of morpholine rings is 1. The Balaban J connectivity index is 2.29. The van der Waals surface area contributed by atoms with Gasteiger partial charge in [-0.15, -0.1) is 11.6 Å². The number of ether oxygens (including phenoxy) is 1. The van der Waals surface area contributed by atoms with E-state index in [-0.39, 0.29) is 6.10 Å². The first kappa shape index (κ1) is 8.79. The Kier molecular flexibility index (Phi) is 3.64. The lowest BCUT2D eigenvalue weighted by atomic mass is 10.3. The predicted octanol–water partition coefficient (Wildman–Crippen LogP) is 0.450. The lowest BCUT2D eigenvalue weighted by molar-refractivity contribution is 0.00301. The van der Waals surface area contributed by atoms with Crippen molar-refractivity contribution < 1.29 is 4.74 Å². The van der Waals surface area contributed by atoms with Gasteiger partial charge >= 0.3 is 0 Å². The largest absolute Gasteiger partial charge is 0.361 e. The van der Waals surface area contributed by atoms with Crippen LogP contribution >= 0.6 is 11.6 Å². The monoisotopic (exact) mass is 174 g/mol. The lowest BCUT2D eigenvalue weighted by Crippen LogP contribution is -2.42. The zero-order valence-corrected chi connectivity index (χ0v) is 7.05. The highest BCUT2D eigenvalue weighted by atomic mass is 35.5. The summed E-state index contributed by atoms with van der Waals surface area (Å²) in [6.07, 6.45) is -0.257. The first-order valence-corrected chi connectivity index (χ1v) is 4.20. The average Bonchev–Trinajstić information content (AvgIpc) is 2.06. The Morgan fingerprint density at radius 3 is 3.18 bits per heavy atom. The van der Waals surface area contributed by atoms with Crippen molar-refractivity contribution in [2.45, 2.75) is 6.10 Å². The molecule has 0 aromatic heterocycles. The average molecular weight is 175 g/mol. The maximum absolute atomic E-state index is 8.54. The summed E-state index contributed by atoms with van der Waals surface area (Å²) < 4.78 is 5.16. The summed E-state index contributed by atoms with van der Waals surface area (Å²) in [6, 6.07) is 2.09. The molecule has 4 heteroatoms. The first-order chi connectivity index (χ1) is 5.36. The van der Waals surface area contributed by atoms with E-state index in [1.54, 1.807) is 0 Å². The summed E-state index contributed by atoms with van der Waals surface area (Å²) in [7, 11) is 0. The van der Waals surface area contributed by atoms with E-state index >= 15 is 0 Å². The molecule has 0 aromatic carbocycles. The van der Waals surface area contributed by atoms with Gasteiger partial charge in [-0.2, -0.15) is 5.26 Å². The standard InChI is InChI=1S/C7H11ClN2O/c8-1-2-10-3-4-11-7(5-9)6-10/h7H,1-4,6H2. The van der Waals surface area contributed by atoms with Crippen LogP contribution in [0.4, 0.5) is 0 Å². The third-order valence-electron chi connectivity index (χ3n) is 1.70. The van der Waals surface area contributed by atoms with Gasteiger partial charge in [0, 0.05) is 25.5 Å². The number of hydrogen-bond donors (Lipinski definition) is 0. The van der Waals surface area contributed by atoms with Crippen molar-refractivity contribution in [1.29, 1.82) is 5.26 Å². The molecule has 1 rings (SSSR count). The fourth-order valence-electron chi connectivity index (χ4n) is 1.10. The van der Waals surface area contributed by atoms with Gasteiger partial charge in [-0.05, 0) is 0 Å². The number of nitrogens with zero attached hydrogens (tertiary/aromatic N) is 2. The van der Waals surface area contributed by atoms with Crippen molar-refractivity contribution in [1.82, 2.24) is 4.90 Å². The van der Waals surface area contributed by atoms with E-state index in [0.29, 0.717) is 19.0 Å².